The van der Waals surface area contributed by atoms with Gasteiger partial charge in [0.25, 0.3) is 0 Å². The summed E-state index contributed by atoms with van der Waals surface area (Å²) in [5.41, 5.74) is 1.58. The van der Waals surface area contributed by atoms with Crippen molar-refractivity contribution in [1.29, 1.82) is 0 Å². The Morgan fingerprint density at radius 2 is 1.92 bits per heavy atom. The average Bonchev–Trinajstić information content (AvgIpc) is 3.08. The lowest BCUT2D eigenvalue weighted by Crippen LogP contribution is -2.39. The summed E-state index contributed by atoms with van der Waals surface area (Å²) in [4.78, 5) is 15.7. The van der Waals surface area contributed by atoms with E-state index in [1.54, 1.807) is 17.0 Å². The van der Waals surface area contributed by atoms with E-state index in [2.05, 4.69) is 15.4 Å². The Morgan fingerprint density at radius 3 is 2.62 bits per heavy atom. The van der Waals surface area contributed by atoms with Crippen LogP contribution in [0.5, 0.6) is 0 Å². The molecule has 0 bridgehead atoms. The number of hydrogen-bond donors (Lipinski definition) is 0. The van der Waals surface area contributed by atoms with Gasteiger partial charge in [0, 0.05) is 18.2 Å². The molecule has 6 nitrogen and oxygen atoms in total. The van der Waals surface area contributed by atoms with Gasteiger partial charge in [-0.25, -0.2) is 4.39 Å². The molecule has 1 heterocycles. The van der Waals surface area contributed by atoms with Gasteiger partial charge < -0.3 is 4.90 Å². The van der Waals surface area contributed by atoms with Crippen molar-refractivity contribution in [3.05, 3.63) is 66.0 Å². The minimum absolute atomic E-state index is 0.0205. The van der Waals surface area contributed by atoms with Crippen LogP contribution in [-0.4, -0.2) is 37.1 Å². The maximum Gasteiger partial charge on any atom is 0.246 e. The molecule has 2 aromatic carbocycles. The standard InChI is InChI=1S/C19H20FN5O/c1-14(2)24(12-15-7-4-3-5-8-15)18(26)13-25-22-19(21-23-25)16-9-6-10-17(20)11-16/h3-11,14H,12-13H2,1-2H3. The van der Waals surface area contributed by atoms with Crippen molar-refractivity contribution in [3.63, 3.8) is 0 Å². The van der Waals surface area contributed by atoms with Crippen LogP contribution in [0.25, 0.3) is 11.4 Å². The summed E-state index contributed by atoms with van der Waals surface area (Å²) in [6.45, 7) is 4.43. The number of carbonyl (C=O) groups is 1. The summed E-state index contributed by atoms with van der Waals surface area (Å²) in [6.07, 6.45) is 0. The number of halogens is 1. The van der Waals surface area contributed by atoms with Crippen LogP contribution in [-0.2, 0) is 17.9 Å². The fourth-order valence-corrected chi connectivity index (χ4v) is 2.60. The predicted molar refractivity (Wildman–Crippen MR) is 95.3 cm³/mol. The first-order valence-corrected chi connectivity index (χ1v) is 8.40. The molecule has 1 amide bonds. The van der Waals surface area contributed by atoms with Crippen LogP contribution in [0.4, 0.5) is 4.39 Å². The molecule has 0 aliphatic carbocycles. The second kappa shape index (κ2) is 7.86. The highest BCUT2D eigenvalue weighted by atomic mass is 19.1. The van der Waals surface area contributed by atoms with Crippen LogP contribution >= 0.6 is 0 Å². The van der Waals surface area contributed by atoms with Gasteiger partial charge in [-0.3, -0.25) is 4.79 Å². The first kappa shape index (κ1) is 17.7. The first-order valence-electron chi connectivity index (χ1n) is 8.40. The molecule has 0 unspecified atom stereocenters. The third-order valence-corrected chi connectivity index (χ3v) is 3.95. The lowest BCUT2D eigenvalue weighted by atomic mass is 10.2. The molecule has 134 valence electrons. The largest absolute Gasteiger partial charge is 0.334 e. The zero-order chi connectivity index (χ0) is 18.5. The molecular weight excluding hydrogens is 333 g/mol. The highest BCUT2D eigenvalue weighted by molar-refractivity contribution is 5.76. The maximum absolute atomic E-state index is 13.3. The minimum atomic E-state index is -0.372. The molecule has 3 rings (SSSR count). The van der Waals surface area contributed by atoms with Crippen LogP contribution < -0.4 is 0 Å². The zero-order valence-corrected chi connectivity index (χ0v) is 14.7. The van der Waals surface area contributed by atoms with Gasteiger partial charge in [0.2, 0.25) is 11.7 Å². The predicted octanol–water partition coefficient (Wildman–Crippen LogP) is 2.92. The Balaban J connectivity index is 1.72. The topological polar surface area (TPSA) is 63.9 Å². The fraction of sp³-hybridized carbons (Fsp3) is 0.263. The molecule has 0 fully saturated rings. The van der Waals surface area contributed by atoms with Crippen LogP contribution in [0.2, 0.25) is 0 Å². The van der Waals surface area contributed by atoms with Crippen molar-refractivity contribution in [2.75, 3.05) is 0 Å². The molecule has 0 aliphatic heterocycles. The second-order valence-electron chi connectivity index (χ2n) is 6.25. The maximum atomic E-state index is 13.3. The van der Waals surface area contributed by atoms with E-state index in [1.165, 1.54) is 16.9 Å². The summed E-state index contributed by atoms with van der Waals surface area (Å²) in [7, 11) is 0. The molecule has 0 radical (unpaired) electrons. The Labute approximate surface area is 151 Å². The highest BCUT2D eigenvalue weighted by Crippen LogP contribution is 2.15. The molecule has 0 spiro atoms. The van der Waals surface area contributed by atoms with Gasteiger partial charge in [-0.1, -0.05) is 42.5 Å². The van der Waals surface area contributed by atoms with Crippen LogP contribution in [0.1, 0.15) is 19.4 Å². The molecular formula is C19H20FN5O. The molecule has 3 aromatic rings. The number of carbonyl (C=O) groups excluding carboxylic acids is 1. The van der Waals surface area contributed by atoms with Crippen LogP contribution in [0, 0.1) is 5.82 Å². The van der Waals surface area contributed by atoms with Gasteiger partial charge in [-0.2, -0.15) is 4.80 Å². The number of benzene rings is 2. The Morgan fingerprint density at radius 1 is 1.15 bits per heavy atom. The van der Waals surface area contributed by atoms with Gasteiger partial charge >= 0.3 is 0 Å². The molecule has 0 aliphatic rings. The van der Waals surface area contributed by atoms with E-state index in [9.17, 15) is 9.18 Å². The summed E-state index contributed by atoms with van der Waals surface area (Å²) < 4.78 is 13.3. The van der Waals surface area contributed by atoms with Crippen molar-refractivity contribution in [2.24, 2.45) is 0 Å². The van der Waals surface area contributed by atoms with Gasteiger partial charge in [0.05, 0.1) is 0 Å². The third kappa shape index (κ3) is 4.30. The molecule has 7 heteroatoms. The van der Waals surface area contributed by atoms with Crippen molar-refractivity contribution in [1.82, 2.24) is 25.1 Å². The quantitative estimate of drug-likeness (QED) is 0.683. The van der Waals surface area contributed by atoms with E-state index < -0.39 is 0 Å². The second-order valence-corrected chi connectivity index (χ2v) is 6.25. The number of tetrazole rings is 1. The number of aromatic nitrogens is 4. The van der Waals surface area contributed by atoms with E-state index in [4.69, 9.17) is 0 Å². The van der Waals surface area contributed by atoms with Crippen molar-refractivity contribution < 1.29 is 9.18 Å². The van der Waals surface area contributed by atoms with Crippen molar-refractivity contribution >= 4 is 5.91 Å². The van der Waals surface area contributed by atoms with E-state index in [0.29, 0.717) is 12.1 Å². The Bertz CT molecular complexity index is 878. The lowest BCUT2D eigenvalue weighted by Gasteiger charge is -2.26. The normalized spacial score (nSPS) is 10.9. The minimum Gasteiger partial charge on any atom is -0.334 e. The van der Waals surface area contributed by atoms with E-state index in [-0.39, 0.29) is 30.1 Å². The lowest BCUT2D eigenvalue weighted by molar-refractivity contribution is -0.134. The van der Waals surface area contributed by atoms with Crippen molar-refractivity contribution in [2.45, 2.75) is 33.0 Å². The van der Waals surface area contributed by atoms with Gasteiger partial charge in [-0.15, -0.1) is 10.2 Å². The van der Waals surface area contributed by atoms with Crippen LogP contribution in [0.3, 0.4) is 0 Å². The number of nitrogens with zero attached hydrogens (tertiary/aromatic N) is 5. The number of rotatable bonds is 6. The van der Waals surface area contributed by atoms with Crippen molar-refractivity contribution in [3.8, 4) is 11.4 Å². The zero-order valence-electron chi connectivity index (χ0n) is 14.7. The van der Waals surface area contributed by atoms with E-state index in [1.807, 2.05) is 44.2 Å². The first-order chi connectivity index (χ1) is 12.5. The highest BCUT2D eigenvalue weighted by Gasteiger charge is 2.19. The van der Waals surface area contributed by atoms with Gasteiger partial charge in [0.1, 0.15) is 12.4 Å². The monoisotopic (exact) mass is 353 g/mol. The number of hydrogen-bond acceptors (Lipinski definition) is 4. The van der Waals surface area contributed by atoms with Gasteiger partial charge in [-0.05, 0) is 36.8 Å². The van der Waals surface area contributed by atoms with E-state index >= 15 is 0 Å². The molecule has 0 saturated carbocycles. The Kier molecular flexibility index (Phi) is 5.36. The third-order valence-electron chi connectivity index (χ3n) is 3.95. The molecule has 26 heavy (non-hydrogen) atoms. The van der Waals surface area contributed by atoms with Crippen LogP contribution in [0.15, 0.2) is 54.6 Å². The van der Waals surface area contributed by atoms with E-state index in [0.717, 1.165) is 5.56 Å². The SMILES string of the molecule is CC(C)N(Cc1ccccc1)C(=O)Cn1nnc(-c2cccc(F)c2)n1. The van der Waals surface area contributed by atoms with Gasteiger partial charge in [0.15, 0.2) is 0 Å². The summed E-state index contributed by atoms with van der Waals surface area (Å²) in [5.74, 6) is -0.188. The summed E-state index contributed by atoms with van der Waals surface area (Å²) >= 11 is 0. The number of amides is 1. The Hall–Kier alpha value is -3.09. The smallest absolute Gasteiger partial charge is 0.246 e. The summed E-state index contributed by atoms with van der Waals surface area (Å²) in [6, 6.07) is 15.8. The molecule has 0 saturated heterocycles. The molecule has 0 atom stereocenters. The summed E-state index contributed by atoms with van der Waals surface area (Å²) in [5, 5.41) is 12.0. The molecule has 0 N–H and O–H groups in total. The fourth-order valence-electron chi connectivity index (χ4n) is 2.60. The average molecular weight is 353 g/mol. The molecule has 1 aromatic heterocycles.